The molecule has 3 rings (SSSR count). The largest absolute Gasteiger partial charge is 0.497 e. The molecule has 46 heavy (non-hydrogen) atoms. The SMILES string of the molecule is COc1ccc(C(=O)c2ccc(OCC3CCCN(C)C3)nc2)c(OC(C)(C)C(=O)O)c1.O=C(O)C(F)(F)F.O=C(O)C(F)(F)F. The van der Waals surface area contributed by atoms with Gasteiger partial charge < -0.3 is 34.4 Å². The minimum atomic E-state index is -5.08. The van der Waals surface area contributed by atoms with Gasteiger partial charge in [0.2, 0.25) is 5.88 Å². The molecule has 0 amide bonds. The Morgan fingerprint density at radius 2 is 1.50 bits per heavy atom. The smallest absolute Gasteiger partial charge is 0.490 e. The van der Waals surface area contributed by atoms with Crippen LogP contribution in [-0.4, -0.2) is 101 Å². The van der Waals surface area contributed by atoms with Gasteiger partial charge in [0, 0.05) is 36.4 Å². The number of piperidine rings is 1. The molecule has 1 aromatic carbocycles. The number of pyridine rings is 1. The van der Waals surface area contributed by atoms with E-state index in [4.69, 9.17) is 34.0 Å². The summed E-state index contributed by atoms with van der Waals surface area (Å²) in [6.45, 7) is 5.54. The van der Waals surface area contributed by atoms with E-state index in [-0.39, 0.29) is 17.1 Å². The van der Waals surface area contributed by atoms with Crippen LogP contribution in [0.2, 0.25) is 0 Å². The summed E-state index contributed by atoms with van der Waals surface area (Å²) in [6, 6.07) is 8.00. The molecule has 2 heterocycles. The summed E-state index contributed by atoms with van der Waals surface area (Å²) >= 11 is 0. The zero-order valence-electron chi connectivity index (χ0n) is 24.9. The van der Waals surface area contributed by atoms with E-state index in [2.05, 4.69) is 16.9 Å². The molecule has 256 valence electrons. The molecule has 12 nitrogen and oxygen atoms in total. The van der Waals surface area contributed by atoms with Crippen LogP contribution < -0.4 is 14.2 Å². The van der Waals surface area contributed by atoms with Crippen LogP contribution in [0.3, 0.4) is 0 Å². The van der Waals surface area contributed by atoms with Crippen LogP contribution in [0.1, 0.15) is 42.6 Å². The number of hydrogen-bond donors (Lipinski definition) is 3. The van der Waals surface area contributed by atoms with Crippen molar-refractivity contribution in [3.63, 3.8) is 0 Å². The first-order chi connectivity index (χ1) is 21.1. The molecule has 1 unspecified atom stereocenters. The van der Waals surface area contributed by atoms with Crippen LogP contribution in [0.4, 0.5) is 26.3 Å². The van der Waals surface area contributed by atoms with Crippen LogP contribution in [0.5, 0.6) is 17.4 Å². The third-order valence-electron chi connectivity index (χ3n) is 5.99. The molecule has 0 bridgehead atoms. The van der Waals surface area contributed by atoms with Gasteiger partial charge in [-0.3, -0.25) is 4.79 Å². The summed E-state index contributed by atoms with van der Waals surface area (Å²) in [5, 5.41) is 23.6. The van der Waals surface area contributed by atoms with Crippen LogP contribution in [0.25, 0.3) is 0 Å². The molecule has 1 fully saturated rings. The lowest BCUT2D eigenvalue weighted by atomic mass is 10.00. The maximum absolute atomic E-state index is 13.1. The van der Waals surface area contributed by atoms with E-state index in [0.717, 1.165) is 25.9 Å². The summed E-state index contributed by atoms with van der Waals surface area (Å²) in [5.41, 5.74) is -0.955. The predicted molar refractivity (Wildman–Crippen MR) is 146 cm³/mol. The van der Waals surface area contributed by atoms with Crippen molar-refractivity contribution in [2.75, 3.05) is 33.9 Å². The Labute approximate surface area is 258 Å². The first kappa shape index (κ1) is 39.4. The van der Waals surface area contributed by atoms with Gasteiger partial charge in [-0.2, -0.15) is 26.3 Å². The number of aliphatic carboxylic acids is 3. The molecule has 0 radical (unpaired) electrons. The lowest BCUT2D eigenvalue weighted by Gasteiger charge is -2.29. The number of rotatable bonds is 9. The number of halogens is 6. The molecular formula is C28H32F6N2O10. The molecular weight excluding hydrogens is 638 g/mol. The van der Waals surface area contributed by atoms with Gasteiger partial charge in [0.05, 0.1) is 19.3 Å². The highest BCUT2D eigenvalue weighted by Crippen LogP contribution is 2.30. The first-order valence-electron chi connectivity index (χ1n) is 13.1. The Hall–Kier alpha value is -4.61. The molecule has 1 aliphatic rings. The molecule has 0 saturated carbocycles. The van der Waals surface area contributed by atoms with Gasteiger partial charge in [0.25, 0.3) is 0 Å². The number of nitrogens with zero attached hydrogens (tertiary/aromatic N) is 2. The van der Waals surface area contributed by atoms with E-state index in [1.165, 1.54) is 33.2 Å². The quantitative estimate of drug-likeness (QED) is 0.251. The Balaban J connectivity index is 0.000000629. The predicted octanol–water partition coefficient (Wildman–Crippen LogP) is 4.55. The van der Waals surface area contributed by atoms with Gasteiger partial charge in [0.1, 0.15) is 11.5 Å². The molecule has 0 aliphatic carbocycles. The van der Waals surface area contributed by atoms with Gasteiger partial charge in [-0.15, -0.1) is 0 Å². The number of ether oxygens (including phenoxy) is 3. The van der Waals surface area contributed by atoms with Gasteiger partial charge in [-0.25, -0.2) is 19.4 Å². The number of ketones is 1. The van der Waals surface area contributed by atoms with Gasteiger partial charge in [-0.1, -0.05) is 0 Å². The van der Waals surface area contributed by atoms with Crippen LogP contribution >= 0.6 is 0 Å². The molecule has 0 spiro atoms. The number of carbonyl (C=O) groups is 4. The molecule has 18 heteroatoms. The number of hydrogen-bond acceptors (Lipinski definition) is 9. The number of carboxylic acids is 3. The monoisotopic (exact) mass is 670 g/mol. The zero-order valence-corrected chi connectivity index (χ0v) is 24.9. The van der Waals surface area contributed by atoms with E-state index < -0.39 is 35.9 Å². The number of aromatic nitrogens is 1. The van der Waals surface area contributed by atoms with Crippen molar-refractivity contribution in [3.8, 4) is 17.4 Å². The maximum Gasteiger partial charge on any atom is 0.490 e. The van der Waals surface area contributed by atoms with Crippen LogP contribution in [-0.2, 0) is 14.4 Å². The lowest BCUT2D eigenvalue weighted by Crippen LogP contribution is -2.38. The summed E-state index contributed by atoms with van der Waals surface area (Å²) in [4.78, 5) is 49.0. The fraction of sp³-hybridized carbons (Fsp3) is 0.464. The maximum atomic E-state index is 13.1. The van der Waals surface area contributed by atoms with Crippen LogP contribution in [0, 0.1) is 5.92 Å². The average molecular weight is 671 g/mol. The van der Waals surface area contributed by atoms with E-state index in [0.29, 0.717) is 29.7 Å². The highest BCUT2D eigenvalue weighted by Gasteiger charge is 2.39. The Morgan fingerprint density at radius 1 is 0.935 bits per heavy atom. The van der Waals surface area contributed by atoms with E-state index in [9.17, 15) is 41.0 Å². The fourth-order valence-corrected chi connectivity index (χ4v) is 3.59. The third kappa shape index (κ3) is 13.2. The van der Waals surface area contributed by atoms with Gasteiger partial charge in [-0.05, 0) is 58.5 Å². The first-order valence-corrected chi connectivity index (χ1v) is 13.1. The number of alkyl halides is 6. The zero-order chi connectivity index (χ0) is 35.5. The number of likely N-dealkylation sites (tertiary alicyclic amines) is 1. The Bertz CT molecular complexity index is 1320. The Morgan fingerprint density at radius 3 is 1.93 bits per heavy atom. The minimum Gasteiger partial charge on any atom is -0.497 e. The number of methoxy groups -OCH3 is 1. The third-order valence-corrected chi connectivity index (χ3v) is 5.99. The van der Waals surface area contributed by atoms with Crippen molar-refractivity contribution < 1.29 is 75.1 Å². The summed E-state index contributed by atoms with van der Waals surface area (Å²) < 4.78 is 80.2. The number of benzene rings is 1. The molecule has 1 aliphatic heterocycles. The highest BCUT2D eigenvalue weighted by molar-refractivity contribution is 6.10. The minimum absolute atomic E-state index is 0.128. The summed E-state index contributed by atoms with van der Waals surface area (Å²) in [5.74, 6) is -5.49. The standard InChI is InChI=1S/C24H30N2O6.2C2HF3O2/c1-24(2,23(28)29)32-20-12-18(30-4)8-9-19(20)22(27)17-7-10-21(25-13-17)31-15-16-6-5-11-26(3)14-16;2*3-2(4,5)1(6)7/h7-10,12-13,16H,5-6,11,14-15H2,1-4H3,(H,28,29);2*(H,6,7). The average Bonchev–Trinajstić information content (AvgIpc) is 2.95. The number of carboxylic acid groups (broad SMARTS) is 3. The van der Waals surface area contributed by atoms with Crippen molar-refractivity contribution in [1.29, 1.82) is 0 Å². The fourth-order valence-electron chi connectivity index (χ4n) is 3.59. The normalized spacial score (nSPS) is 15.2. The second-order valence-electron chi connectivity index (χ2n) is 10.2. The van der Waals surface area contributed by atoms with E-state index in [1.54, 1.807) is 24.3 Å². The molecule has 2 aromatic rings. The molecule has 1 atom stereocenters. The number of carbonyl (C=O) groups excluding carboxylic acids is 1. The van der Waals surface area contributed by atoms with Crippen molar-refractivity contribution in [2.24, 2.45) is 5.92 Å². The second-order valence-corrected chi connectivity index (χ2v) is 10.2. The molecule has 1 aromatic heterocycles. The van der Waals surface area contributed by atoms with Crippen molar-refractivity contribution in [3.05, 3.63) is 47.7 Å². The Kier molecular flexibility index (Phi) is 14.2. The summed E-state index contributed by atoms with van der Waals surface area (Å²) in [6.07, 6.45) is -6.41. The molecule has 3 N–H and O–H groups in total. The summed E-state index contributed by atoms with van der Waals surface area (Å²) in [7, 11) is 3.59. The molecule has 1 saturated heterocycles. The van der Waals surface area contributed by atoms with E-state index in [1.807, 2.05) is 0 Å². The van der Waals surface area contributed by atoms with Crippen LogP contribution in [0.15, 0.2) is 36.5 Å². The van der Waals surface area contributed by atoms with Gasteiger partial charge in [0.15, 0.2) is 11.4 Å². The van der Waals surface area contributed by atoms with Crippen molar-refractivity contribution in [2.45, 2.75) is 44.6 Å². The van der Waals surface area contributed by atoms with E-state index >= 15 is 0 Å². The highest BCUT2D eigenvalue weighted by atomic mass is 19.4. The van der Waals surface area contributed by atoms with Crippen molar-refractivity contribution in [1.82, 2.24) is 9.88 Å². The topological polar surface area (TPSA) is 173 Å². The second kappa shape index (κ2) is 16.6. The lowest BCUT2D eigenvalue weighted by molar-refractivity contribution is -0.193. The van der Waals surface area contributed by atoms with Gasteiger partial charge >= 0.3 is 30.3 Å². The van der Waals surface area contributed by atoms with Crippen molar-refractivity contribution >= 4 is 23.7 Å².